The van der Waals surface area contributed by atoms with E-state index in [2.05, 4.69) is 4.98 Å². The van der Waals surface area contributed by atoms with Crippen LogP contribution >= 0.6 is 0 Å². The zero-order chi connectivity index (χ0) is 13.0. The first-order chi connectivity index (χ1) is 8.69. The van der Waals surface area contributed by atoms with Crippen LogP contribution in [0.25, 0.3) is 0 Å². The first-order valence-corrected chi connectivity index (χ1v) is 5.42. The lowest BCUT2D eigenvalue weighted by Crippen LogP contribution is -2.04. The normalized spacial score (nSPS) is 10.4. The van der Waals surface area contributed by atoms with Gasteiger partial charge in [-0.1, -0.05) is 6.07 Å². The van der Waals surface area contributed by atoms with Crippen LogP contribution in [-0.2, 0) is 13.2 Å². The highest BCUT2D eigenvalue weighted by Crippen LogP contribution is 2.18. The molecule has 0 saturated carbocycles. The Balaban J connectivity index is 2.06. The highest BCUT2D eigenvalue weighted by Gasteiger charge is 2.05. The molecule has 3 nitrogen and oxygen atoms in total. The summed E-state index contributed by atoms with van der Waals surface area (Å²) in [5.74, 6) is -1.37. The van der Waals surface area contributed by atoms with Gasteiger partial charge in [-0.2, -0.15) is 0 Å². The van der Waals surface area contributed by atoms with Crippen LogP contribution in [0.3, 0.4) is 0 Å². The highest BCUT2D eigenvalue weighted by molar-refractivity contribution is 5.25. The largest absolute Gasteiger partial charge is 0.484 e. The molecule has 0 spiro atoms. The number of hydrogen-bond donors (Lipinski definition) is 1. The number of benzene rings is 1. The quantitative estimate of drug-likeness (QED) is 0.906. The van der Waals surface area contributed by atoms with Crippen LogP contribution in [0.1, 0.15) is 11.4 Å². The molecule has 0 aliphatic heterocycles. The maximum absolute atomic E-state index is 13.3. The Kier molecular flexibility index (Phi) is 3.84. The second-order valence-corrected chi connectivity index (χ2v) is 3.69. The monoisotopic (exact) mass is 250 g/mol. The van der Waals surface area contributed by atoms with Gasteiger partial charge in [-0.15, -0.1) is 0 Å². The Hall–Kier alpha value is -2.01. The molecule has 0 atom stereocenters. The fourth-order valence-corrected chi connectivity index (χ4v) is 1.47. The van der Waals surface area contributed by atoms with Crippen LogP contribution in [0.2, 0.25) is 0 Å². The van der Waals surface area contributed by atoms with Crippen LogP contribution < -0.4 is 10.5 Å². The molecular weight excluding hydrogens is 238 g/mol. The van der Waals surface area contributed by atoms with Gasteiger partial charge in [0, 0.05) is 12.6 Å². The molecule has 2 aromatic rings. The third kappa shape index (κ3) is 3.01. The molecule has 5 heteroatoms. The fraction of sp³-hybridized carbons (Fsp3) is 0.154. The SMILES string of the molecule is NCc1cccc(COc2ccc(F)cc2F)n1. The Bertz CT molecular complexity index is 546. The molecule has 0 aliphatic carbocycles. The summed E-state index contributed by atoms with van der Waals surface area (Å²) in [4.78, 5) is 4.21. The summed E-state index contributed by atoms with van der Waals surface area (Å²) in [5, 5.41) is 0. The summed E-state index contributed by atoms with van der Waals surface area (Å²) in [6.45, 7) is 0.440. The minimum atomic E-state index is -0.732. The molecule has 94 valence electrons. The van der Waals surface area contributed by atoms with Gasteiger partial charge in [0.05, 0.1) is 11.4 Å². The van der Waals surface area contributed by atoms with Gasteiger partial charge in [0.25, 0.3) is 0 Å². The van der Waals surface area contributed by atoms with Crippen molar-refractivity contribution in [2.24, 2.45) is 5.73 Å². The first kappa shape index (κ1) is 12.4. The molecule has 18 heavy (non-hydrogen) atoms. The minimum absolute atomic E-state index is 0.00338. The highest BCUT2D eigenvalue weighted by atomic mass is 19.1. The van der Waals surface area contributed by atoms with Crippen LogP contribution in [0, 0.1) is 11.6 Å². The van der Waals surface area contributed by atoms with Gasteiger partial charge in [-0.3, -0.25) is 4.98 Å². The third-order valence-corrected chi connectivity index (χ3v) is 2.34. The van der Waals surface area contributed by atoms with Gasteiger partial charge in [0.15, 0.2) is 11.6 Å². The van der Waals surface area contributed by atoms with Gasteiger partial charge >= 0.3 is 0 Å². The molecule has 1 aromatic carbocycles. The summed E-state index contributed by atoms with van der Waals surface area (Å²) in [6, 6.07) is 8.51. The van der Waals surface area contributed by atoms with Crippen molar-refractivity contribution >= 4 is 0 Å². The predicted molar refractivity (Wildman–Crippen MR) is 62.8 cm³/mol. The summed E-state index contributed by atoms with van der Waals surface area (Å²) < 4.78 is 31.2. The average Bonchev–Trinajstić information content (AvgIpc) is 2.38. The number of nitrogens with zero attached hydrogens (tertiary/aromatic N) is 1. The van der Waals surface area contributed by atoms with Crippen molar-refractivity contribution in [1.29, 1.82) is 0 Å². The zero-order valence-electron chi connectivity index (χ0n) is 9.57. The second-order valence-electron chi connectivity index (χ2n) is 3.69. The Morgan fingerprint density at radius 1 is 1.11 bits per heavy atom. The molecule has 0 unspecified atom stereocenters. The second kappa shape index (κ2) is 5.55. The summed E-state index contributed by atoms with van der Waals surface area (Å²) >= 11 is 0. The van der Waals surface area contributed by atoms with Gasteiger partial charge in [-0.25, -0.2) is 8.78 Å². The number of hydrogen-bond acceptors (Lipinski definition) is 3. The van der Waals surface area contributed by atoms with Crippen molar-refractivity contribution in [2.75, 3.05) is 0 Å². The molecular formula is C13H12F2N2O. The Labute approximate surface area is 103 Å². The molecule has 0 fully saturated rings. The fourth-order valence-electron chi connectivity index (χ4n) is 1.47. The van der Waals surface area contributed by atoms with E-state index in [0.29, 0.717) is 12.2 Å². The lowest BCUT2D eigenvalue weighted by Gasteiger charge is -2.07. The number of halogens is 2. The standard InChI is InChI=1S/C13H12F2N2O/c14-9-4-5-13(12(15)6-9)18-8-11-3-1-2-10(7-16)17-11/h1-6H,7-8,16H2. The minimum Gasteiger partial charge on any atom is -0.484 e. The van der Waals surface area contributed by atoms with Gasteiger partial charge in [-0.05, 0) is 24.3 Å². The van der Waals surface area contributed by atoms with E-state index in [0.717, 1.165) is 17.8 Å². The van der Waals surface area contributed by atoms with Crippen molar-refractivity contribution in [1.82, 2.24) is 4.98 Å². The third-order valence-electron chi connectivity index (χ3n) is 2.34. The van der Waals surface area contributed by atoms with E-state index in [4.69, 9.17) is 10.5 Å². The van der Waals surface area contributed by atoms with E-state index in [-0.39, 0.29) is 12.4 Å². The van der Waals surface area contributed by atoms with Crippen LogP contribution in [0.15, 0.2) is 36.4 Å². The van der Waals surface area contributed by atoms with Crippen molar-refractivity contribution in [3.63, 3.8) is 0 Å². The van der Waals surface area contributed by atoms with Crippen LogP contribution in [0.4, 0.5) is 8.78 Å². The molecule has 0 saturated heterocycles. The maximum atomic E-state index is 13.3. The van der Waals surface area contributed by atoms with Gasteiger partial charge in [0.1, 0.15) is 12.4 Å². The van der Waals surface area contributed by atoms with Crippen molar-refractivity contribution in [2.45, 2.75) is 13.2 Å². The summed E-state index contributed by atoms with van der Waals surface area (Å²) in [6.07, 6.45) is 0. The van der Waals surface area contributed by atoms with E-state index < -0.39 is 11.6 Å². The summed E-state index contributed by atoms with van der Waals surface area (Å²) in [7, 11) is 0. The van der Waals surface area contributed by atoms with E-state index in [1.165, 1.54) is 6.07 Å². The zero-order valence-corrected chi connectivity index (χ0v) is 9.57. The predicted octanol–water partition coefficient (Wildman–Crippen LogP) is 2.40. The number of pyridine rings is 1. The molecule has 1 heterocycles. The molecule has 2 rings (SSSR count). The molecule has 0 aliphatic rings. The average molecular weight is 250 g/mol. The van der Waals surface area contributed by atoms with E-state index in [1.54, 1.807) is 18.2 Å². The Morgan fingerprint density at radius 2 is 1.89 bits per heavy atom. The van der Waals surface area contributed by atoms with Crippen LogP contribution in [-0.4, -0.2) is 4.98 Å². The van der Waals surface area contributed by atoms with Crippen molar-refractivity contribution in [3.05, 3.63) is 59.4 Å². The number of ether oxygens (including phenoxy) is 1. The van der Waals surface area contributed by atoms with E-state index in [9.17, 15) is 8.78 Å². The van der Waals surface area contributed by atoms with Gasteiger partial charge < -0.3 is 10.5 Å². The Morgan fingerprint density at radius 3 is 2.61 bits per heavy atom. The maximum Gasteiger partial charge on any atom is 0.167 e. The molecule has 2 N–H and O–H groups in total. The molecule has 1 aromatic heterocycles. The number of aromatic nitrogens is 1. The molecule has 0 bridgehead atoms. The van der Waals surface area contributed by atoms with Gasteiger partial charge in [0.2, 0.25) is 0 Å². The van der Waals surface area contributed by atoms with Crippen molar-refractivity contribution in [3.8, 4) is 5.75 Å². The smallest absolute Gasteiger partial charge is 0.167 e. The first-order valence-electron chi connectivity index (χ1n) is 5.42. The van der Waals surface area contributed by atoms with Crippen LogP contribution in [0.5, 0.6) is 5.75 Å². The van der Waals surface area contributed by atoms with Crippen molar-refractivity contribution < 1.29 is 13.5 Å². The summed E-state index contributed by atoms with van der Waals surface area (Å²) in [5.41, 5.74) is 6.83. The topological polar surface area (TPSA) is 48.1 Å². The number of nitrogens with two attached hydrogens (primary N) is 1. The van der Waals surface area contributed by atoms with E-state index >= 15 is 0 Å². The number of rotatable bonds is 4. The molecule has 0 radical (unpaired) electrons. The lowest BCUT2D eigenvalue weighted by atomic mass is 10.3. The van der Waals surface area contributed by atoms with E-state index in [1.807, 2.05) is 0 Å². The molecule has 0 amide bonds. The lowest BCUT2D eigenvalue weighted by molar-refractivity contribution is 0.284.